The summed E-state index contributed by atoms with van der Waals surface area (Å²) in [7, 11) is 4.64. The van der Waals surface area contributed by atoms with Gasteiger partial charge in [-0.15, -0.1) is 0 Å². The number of benzene rings is 2. The van der Waals surface area contributed by atoms with Crippen LogP contribution in [0.4, 0.5) is 11.4 Å². The summed E-state index contributed by atoms with van der Waals surface area (Å²) in [4.78, 5) is 25.5. The van der Waals surface area contributed by atoms with Crippen molar-refractivity contribution in [2.24, 2.45) is 0 Å². The van der Waals surface area contributed by atoms with Crippen LogP contribution in [0.15, 0.2) is 36.4 Å². The van der Waals surface area contributed by atoms with Crippen molar-refractivity contribution in [1.82, 2.24) is 4.90 Å². The molecule has 1 aliphatic rings. The second kappa shape index (κ2) is 9.45. The molecule has 30 heavy (non-hydrogen) atoms. The molecule has 1 atom stereocenters. The molecule has 0 bridgehead atoms. The molecular weight excluding hydrogens is 390 g/mol. The Balaban J connectivity index is 1.77. The highest BCUT2D eigenvalue weighted by molar-refractivity contribution is 5.94. The van der Waals surface area contributed by atoms with Crippen molar-refractivity contribution in [2.75, 3.05) is 39.7 Å². The summed E-state index contributed by atoms with van der Waals surface area (Å²) in [5.74, 6) is 1.48. The highest BCUT2D eigenvalue weighted by Crippen LogP contribution is 2.39. The van der Waals surface area contributed by atoms with Gasteiger partial charge >= 0.3 is 0 Å². The van der Waals surface area contributed by atoms with Gasteiger partial charge in [0, 0.05) is 11.6 Å². The van der Waals surface area contributed by atoms with Crippen molar-refractivity contribution in [1.29, 1.82) is 0 Å². The lowest BCUT2D eigenvalue weighted by Crippen LogP contribution is -2.33. The molecule has 0 spiro atoms. The molecule has 9 nitrogen and oxygen atoms in total. The topological polar surface area (TPSA) is 103 Å². The fourth-order valence-electron chi connectivity index (χ4n) is 3.74. The number of carbonyl (C=O) groups excluding carboxylic acids is 1. The van der Waals surface area contributed by atoms with E-state index >= 15 is 0 Å². The van der Waals surface area contributed by atoms with Gasteiger partial charge in [-0.25, -0.2) is 0 Å². The number of methoxy groups -OCH3 is 3. The molecule has 0 saturated carbocycles. The van der Waals surface area contributed by atoms with Gasteiger partial charge in [-0.1, -0.05) is 0 Å². The highest BCUT2D eigenvalue weighted by atomic mass is 16.6. The number of likely N-dealkylation sites (tertiary alicyclic amines) is 1. The van der Waals surface area contributed by atoms with Crippen molar-refractivity contribution >= 4 is 17.3 Å². The number of hydrogen-bond donors (Lipinski definition) is 1. The van der Waals surface area contributed by atoms with Crippen LogP contribution < -0.4 is 19.5 Å². The monoisotopic (exact) mass is 415 g/mol. The van der Waals surface area contributed by atoms with Gasteiger partial charge in [0.15, 0.2) is 0 Å². The predicted molar refractivity (Wildman–Crippen MR) is 111 cm³/mol. The third kappa shape index (κ3) is 4.62. The summed E-state index contributed by atoms with van der Waals surface area (Å²) in [5.41, 5.74) is 0.883. The molecule has 0 aliphatic carbocycles. The van der Waals surface area contributed by atoms with Crippen LogP contribution in [0.5, 0.6) is 17.2 Å². The van der Waals surface area contributed by atoms with Crippen LogP contribution in [0, 0.1) is 10.1 Å². The van der Waals surface area contributed by atoms with Gasteiger partial charge in [-0.3, -0.25) is 19.8 Å². The Morgan fingerprint density at radius 1 is 1.13 bits per heavy atom. The zero-order valence-corrected chi connectivity index (χ0v) is 17.2. The zero-order valence-electron chi connectivity index (χ0n) is 17.2. The number of carbonyl (C=O) groups is 1. The van der Waals surface area contributed by atoms with E-state index in [1.165, 1.54) is 19.2 Å². The Labute approximate surface area is 174 Å². The molecule has 0 unspecified atom stereocenters. The Morgan fingerprint density at radius 2 is 1.83 bits per heavy atom. The maximum absolute atomic E-state index is 12.7. The molecular formula is C21H25N3O6. The second-order valence-electron chi connectivity index (χ2n) is 6.92. The minimum Gasteiger partial charge on any atom is -0.497 e. The standard InChI is InChI=1S/C21H25N3O6/c1-28-14-7-9-20(30-3)16(11-14)18-5-4-10-23(18)13-21(25)22-17-8-6-15(29-2)12-19(17)24(26)27/h6-9,11-12,18H,4-5,10,13H2,1-3H3,(H,22,25)/t18-/m1/s1. The van der Waals surface area contributed by atoms with E-state index in [9.17, 15) is 14.9 Å². The summed E-state index contributed by atoms with van der Waals surface area (Å²) in [5, 5.41) is 14.0. The Morgan fingerprint density at radius 3 is 2.50 bits per heavy atom. The molecule has 1 fully saturated rings. The van der Waals surface area contributed by atoms with E-state index < -0.39 is 4.92 Å². The van der Waals surface area contributed by atoms with Crippen LogP contribution in [-0.4, -0.2) is 50.1 Å². The SMILES string of the molecule is COc1ccc(OC)c([C@H]2CCCN2CC(=O)Nc2ccc(OC)cc2[N+](=O)[O-])c1. The van der Waals surface area contributed by atoms with E-state index in [0.29, 0.717) is 5.75 Å². The van der Waals surface area contributed by atoms with Crippen molar-refractivity contribution in [3.63, 3.8) is 0 Å². The number of nitro groups is 1. The van der Waals surface area contributed by atoms with Gasteiger partial charge in [0.05, 0.1) is 38.9 Å². The number of amides is 1. The number of anilines is 1. The molecule has 0 radical (unpaired) electrons. The van der Waals surface area contributed by atoms with Crippen LogP contribution in [0.25, 0.3) is 0 Å². The van der Waals surface area contributed by atoms with Crippen molar-refractivity contribution in [2.45, 2.75) is 18.9 Å². The third-order valence-electron chi connectivity index (χ3n) is 5.18. The molecule has 1 aliphatic heterocycles. The lowest BCUT2D eigenvalue weighted by molar-refractivity contribution is -0.384. The second-order valence-corrected chi connectivity index (χ2v) is 6.92. The number of nitrogens with one attached hydrogen (secondary N) is 1. The first-order valence-electron chi connectivity index (χ1n) is 9.55. The van der Waals surface area contributed by atoms with Crippen molar-refractivity contribution in [3.05, 3.63) is 52.1 Å². The lowest BCUT2D eigenvalue weighted by Gasteiger charge is -2.26. The van der Waals surface area contributed by atoms with Crippen LogP contribution in [0.1, 0.15) is 24.4 Å². The first-order valence-corrected chi connectivity index (χ1v) is 9.55. The minimum absolute atomic E-state index is 0.00773. The first kappa shape index (κ1) is 21.4. The first-order chi connectivity index (χ1) is 14.5. The smallest absolute Gasteiger partial charge is 0.296 e. The molecule has 1 heterocycles. The summed E-state index contributed by atoms with van der Waals surface area (Å²) < 4.78 is 15.9. The van der Waals surface area contributed by atoms with Crippen LogP contribution >= 0.6 is 0 Å². The average Bonchev–Trinajstić information content (AvgIpc) is 3.20. The molecule has 2 aromatic rings. The quantitative estimate of drug-likeness (QED) is 0.521. The maximum atomic E-state index is 12.7. The molecule has 9 heteroatoms. The number of rotatable bonds is 8. The zero-order chi connectivity index (χ0) is 21.7. The van der Waals surface area contributed by atoms with E-state index in [-0.39, 0.29) is 29.9 Å². The van der Waals surface area contributed by atoms with E-state index in [4.69, 9.17) is 14.2 Å². The Hall–Kier alpha value is -3.33. The molecule has 2 aromatic carbocycles. The summed E-state index contributed by atoms with van der Waals surface area (Å²) in [6.07, 6.45) is 1.81. The molecule has 3 rings (SSSR count). The Bertz CT molecular complexity index is 933. The van der Waals surface area contributed by atoms with Gasteiger partial charge in [-0.2, -0.15) is 0 Å². The van der Waals surface area contributed by atoms with Crippen molar-refractivity contribution in [3.8, 4) is 17.2 Å². The van der Waals surface area contributed by atoms with Gasteiger partial charge in [0.1, 0.15) is 22.9 Å². The summed E-state index contributed by atoms with van der Waals surface area (Å²) >= 11 is 0. The number of nitrogens with zero attached hydrogens (tertiary/aromatic N) is 2. The third-order valence-corrected chi connectivity index (χ3v) is 5.18. The summed E-state index contributed by atoms with van der Waals surface area (Å²) in [6.45, 7) is 0.845. The largest absolute Gasteiger partial charge is 0.497 e. The van der Waals surface area contributed by atoms with E-state index in [1.807, 2.05) is 23.1 Å². The van der Waals surface area contributed by atoms with Crippen LogP contribution in [-0.2, 0) is 4.79 Å². The lowest BCUT2D eigenvalue weighted by atomic mass is 10.0. The number of ether oxygens (including phenoxy) is 3. The molecule has 1 saturated heterocycles. The van der Waals surface area contributed by atoms with Gasteiger partial charge in [0.2, 0.25) is 5.91 Å². The molecule has 160 valence electrons. The fraction of sp³-hybridized carbons (Fsp3) is 0.381. The van der Waals surface area contributed by atoms with E-state index in [2.05, 4.69) is 5.32 Å². The maximum Gasteiger partial charge on any atom is 0.296 e. The molecule has 0 aromatic heterocycles. The fourth-order valence-corrected chi connectivity index (χ4v) is 3.74. The average molecular weight is 415 g/mol. The van der Waals surface area contributed by atoms with Gasteiger partial charge < -0.3 is 19.5 Å². The molecule has 1 N–H and O–H groups in total. The Kier molecular flexibility index (Phi) is 6.73. The van der Waals surface area contributed by atoms with Crippen LogP contribution in [0.3, 0.4) is 0 Å². The number of nitro benzene ring substituents is 1. The predicted octanol–water partition coefficient (Wildman–Crippen LogP) is 3.40. The van der Waals surface area contributed by atoms with E-state index in [1.54, 1.807) is 20.3 Å². The molecule has 1 amide bonds. The van der Waals surface area contributed by atoms with Gasteiger partial charge in [0.25, 0.3) is 5.69 Å². The van der Waals surface area contributed by atoms with Crippen LogP contribution in [0.2, 0.25) is 0 Å². The normalized spacial score (nSPS) is 16.2. The van der Waals surface area contributed by atoms with Crippen molar-refractivity contribution < 1.29 is 23.9 Å². The number of hydrogen-bond acceptors (Lipinski definition) is 7. The van der Waals surface area contributed by atoms with E-state index in [0.717, 1.165) is 36.4 Å². The highest BCUT2D eigenvalue weighted by Gasteiger charge is 2.30. The minimum atomic E-state index is -0.544. The van der Waals surface area contributed by atoms with Gasteiger partial charge in [-0.05, 0) is 49.7 Å². The summed E-state index contributed by atoms with van der Waals surface area (Å²) in [6, 6.07) is 9.93.